The predicted molar refractivity (Wildman–Crippen MR) is 104 cm³/mol. The van der Waals surface area contributed by atoms with Crippen LogP contribution in [0.2, 0.25) is 0 Å². The van der Waals surface area contributed by atoms with Crippen LogP contribution < -0.4 is 10.5 Å². The number of methoxy groups -OCH3 is 1. The number of hydrogen-bond acceptors (Lipinski definition) is 5. The summed E-state index contributed by atoms with van der Waals surface area (Å²) in [5, 5.41) is 0. The van der Waals surface area contributed by atoms with E-state index in [2.05, 4.69) is 9.88 Å². The highest BCUT2D eigenvalue weighted by molar-refractivity contribution is 5.81. The molecular weight excluding hydrogens is 326 g/mol. The minimum absolute atomic E-state index is 0.278. The van der Waals surface area contributed by atoms with Crippen molar-refractivity contribution in [3.8, 4) is 5.88 Å². The molecule has 1 saturated heterocycles. The number of carbonyl (C=O) groups excluding carboxylic acids is 1. The van der Waals surface area contributed by atoms with E-state index in [1.807, 2.05) is 6.07 Å². The van der Waals surface area contributed by atoms with Crippen molar-refractivity contribution in [1.29, 1.82) is 0 Å². The lowest BCUT2D eigenvalue weighted by Gasteiger charge is -2.35. The topological polar surface area (TPSA) is 68.5 Å². The van der Waals surface area contributed by atoms with Gasteiger partial charge in [-0.1, -0.05) is 19.3 Å². The molecule has 0 aromatic carbocycles. The highest BCUT2D eigenvalue weighted by Gasteiger charge is 2.24. The molecule has 0 amide bonds. The van der Waals surface area contributed by atoms with E-state index in [0.29, 0.717) is 30.5 Å². The average molecular weight is 360 g/mol. The molecule has 1 aromatic heterocycles. The Morgan fingerprint density at radius 1 is 1.15 bits per heavy atom. The number of ether oxygens (including phenoxy) is 1. The van der Waals surface area contributed by atoms with Gasteiger partial charge in [0.1, 0.15) is 11.6 Å². The average Bonchev–Trinajstić information content (AvgIpc) is 2.65. The van der Waals surface area contributed by atoms with Gasteiger partial charge in [-0.25, -0.2) is 0 Å². The third-order valence-corrected chi connectivity index (χ3v) is 6.01. The first-order valence-corrected chi connectivity index (χ1v) is 10.2. The van der Waals surface area contributed by atoms with E-state index in [4.69, 9.17) is 10.5 Å². The van der Waals surface area contributed by atoms with Crippen LogP contribution >= 0.6 is 0 Å². The highest BCUT2D eigenvalue weighted by atomic mass is 16.5. The van der Waals surface area contributed by atoms with E-state index in [-0.39, 0.29) is 5.78 Å². The Kier molecular flexibility index (Phi) is 6.89. The van der Waals surface area contributed by atoms with E-state index in [1.54, 1.807) is 13.2 Å². The number of pyridine rings is 1. The number of piperidine rings is 1. The van der Waals surface area contributed by atoms with E-state index in [0.717, 1.165) is 37.4 Å². The lowest BCUT2D eigenvalue weighted by molar-refractivity contribution is -0.119. The molecule has 2 fully saturated rings. The summed E-state index contributed by atoms with van der Waals surface area (Å²) in [6.07, 6.45) is 10.4. The van der Waals surface area contributed by atoms with Crippen molar-refractivity contribution in [2.45, 2.75) is 57.8 Å². The number of nitrogens with two attached hydrogens (primary N) is 1. The second-order valence-corrected chi connectivity index (χ2v) is 8.07. The van der Waals surface area contributed by atoms with E-state index >= 15 is 0 Å². The second kappa shape index (κ2) is 9.36. The number of ketones is 1. The van der Waals surface area contributed by atoms with Gasteiger partial charge in [0.25, 0.3) is 0 Å². The number of hydrogen-bond donors (Lipinski definition) is 1. The van der Waals surface area contributed by atoms with E-state index in [9.17, 15) is 4.79 Å². The molecule has 5 heteroatoms. The number of likely N-dealkylation sites (tertiary alicyclic amines) is 1. The Labute approximate surface area is 157 Å². The van der Waals surface area contributed by atoms with Crippen LogP contribution in [0.15, 0.2) is 12.1 Å². The molecule has 1 aliphatic heterocycles. The molecule has 0 bridgehead atoms. The zero-order valence-electron chi connectivity index (χ0n) is 16.1. The monoisotopic (exact) mass is 359 g/mol. The SMILES string of the molecule is COc1nc(N)ccc1CC(=O)CC1CCN(CC2CCCCC2)CC1. The van der Waals surface area contributed by atoms with Crippen molar-refractivity contribution in [1.82, 2.24) is 9.88 Å². The maximum Gasteiger partial charge on any atom is 0.218 e. The van der Waals surface area contributed by atoms with Crippen LogP contribution in [0.5, 0.6) is 5.88 Å². The summed E-state index contributed by atoms with van der Waals surface area (Å²) in [7, 11) is 1.57. The first kappa shape index (κ1) is 19.2. The van der Waals surface area contributed by atoms with Crippen molar-refractivity contribution in [2.24, 2.45) is 11.8 Å². The molecule has 1 aliphatic carbocycles. The molecule has 0 atom stereocenters. The molecule has 2 N–H and O–H groups in total. The minimum Gasteiger partial charge on any atom is -0.481 e. The third kappa shape index (κ3) is 5.44. The van der Waals surface area contributed by atoms with E-state index < -0.39 is 0 Å². The van der Waals surface area contributed by atoms with Crippen LogP contribution in [0.1, 0.15) is 56.9 Å². The summed E-state index contributed by atoms with van der Waals surface area (Å²) < 4.78 is 5.25. The van der Waals surface area contributed by atoms with Crippen LogP contribution in [0.4, 0.5) is 5.82 Å². The van der Waals surface area contributed by atoms with Crippen molar-refractivity contribution >= 4 is 11.6 Å². The molecule has 5 nitrogen and oxygen atoms in total. The maximum absolute atomic E-state index is 12.5. The molecule has 3 rings (SSSR count). The molecule has 0 radical (unpaired) electrons. The van der Waals surface area contributed by atoms with Gasteiger partial charge >= 0.3 is 0 Å². The van der Waals surface area contributed by atoms with Gasteiger partial charge in [0.2, 0.25) is 5.88 Å². The number of aromatic nitrogens is 1. The zero-order valence-corrected chi connectivity index (χ0v) is 16.1. The Hall–Kier alpha value is -1.62. The molecule has 2 heterocycles. The summed E-state index contributed by atoms with van der Waals surface area (Å²) in [6, 6.07) is 3.58. The van der Waals surface area contributed by atoms with Crippen LogP contribution in [0.25, 0.3) is 0 Å². The minimum atomic E-state index is 0.278. The fourth-order valence-corrected chi connectivity index (χ4v) is 4.51. The first-order valence-electron chi connectivity index (χ1n) is 10.2. The summed E-state index contributed by atoms with van der Waals surface area (Å²) in [4.78, 5) is 19.3. The normalized spacial score (nSPS) is 20.2. The lowest BCUT2D eigenvalue weighted by Crippen LogP contribution is -2.38. The number of anilines is 1. The van der Waals surface area contributed by atoms with Gasteiger partial charge in [-0.3, -0.25) is 4.79 Å². The van der Waals surface area contributed by atoms with Gasteiger partial charge in [-0.15, -0.1) is 0 Å². The van der Waals surface area contributed by atoms with Crippen molar-refractivity contribution < 1.29 is 9.53 Å². The van der Waals surface area contributed by atoms with E-state index in [1.165, 1.54) is 38.6 Å². The maximum atomic E-state index is 12.5. The van der Waals surface area contributed by atoms with Gasteiger partial charge in [-0.2, -0.15) is 4.98 Å². The van der Waals surface area contributed by atoms with Crippen LogP contribution in [-0.2, 0) is 11.2 Å². The number of nitrogen functional groups attached to an aromatic ring is 1. The molecule has 0 unspecified atom stereocenters. The smallest absolute Gasteiger partial charge is 0.218 e. The van der Waals surface area contributed by atoms with Crippen molar-refractivity contribution in [3.63, 3.8) is 0 Å². The van der Waals surface area contributed by atoms with Gasteiger partial charge in [0, 0.05) is 24.9 Å². The molecular formula is C21H33N3O2. The largest absolute Gasteiger partial charge is 0.481 e. The second-order valence-electron chi connectivity index (χ2n) is 8.07. The summed E-state index contributed by atoms with van der Waals surface area (Å²) in [5.41, 5.74) is 6.52. The van der Waals surface area contributed by atoms with Crippen molar-refractivity contribution in [3.05, 3.63) is 17.7 Å². The highest BCUT2D eigenvalue weighted by Crippen LogP contribution is 2.28. The predicted octanol–water partition coefficient (Wildman–Crippen LogP) is 3.47. The third-order valence-electron chi connectivity index (χ3n) is 6.01. The summed E-state index contributed by atoms with van der Waals surface area (Å²) >= 11 is 0. The number of Topliss-reactive ketones (excluding diaryl/α,β-unsaturated/α-hetero) is 1. The number of carbonyl (C=O) groups is 1. The first-order chi connectivity index (χ1) is 12.6. The Bertz CT molecular complexity index is 591. The van der Waals surface area contributed by atoms with Gasteiger partial charge < -0.3 is 15.4 Å². The van der Waals surface area contributed by atoms with Crippen LogP contribution in [-0.4, -0.2) is 42.4 Å². The quantitative estimate of drug-likeness (QED) is 0.807. The van der Waals surface area contributed by atoms with Gasteiger partial charge in [0.15, 0.2) is 0 Å². The van der Waals surface area contributed by atoms with Gasteiger partial charge in [-0.05, 0) is 62.7 Å². The van der Waals surface area contributed by atoms with Gasteiger partial charge in [0.05, 0.1) is 7.11 Å². The summed E-state index contributed by atoms with van der Waals surface area (Å²) in [6.45, 7) is 3.58. The van der Waals surface area contributed by atoms with Crippen LogP contribution in [0.3, 0.4) is 0 Å². The number of rotatable bonds is 7. The molecule has 2 aliphatic rings. The lowest BCUT2D eigenvalue weighted by atomic mass is 9.86. The molecule has 0 spiro atoms. The Morgan fingerprint density at radius 3 is 2.58 bits per heavy atom. The molecule has 144 valence electrons. The molecule has 26 heavy (non-hydrogen) atoms. The fraction of sp³-hybridized carbons (Fsp3) is 0.714. The Morgan fingerprint density at radius 2 is 1.88 bits per heavy atom. The van der Waals surface area contributed by atoms with Crippen LogP contribution in [0, 0.1) is 11.8 Å². The molecule has 1 aromatic rings. The molecule has 1 saturated carbocycles. The number of nitrogens with zero attached hydrogens (tertiary/aromatic N) is 2. The Balaban J connectivity index is 1.42. The zero-order chi connectivity index (χ0) is 18.4. The standard InChI is InChI=1S/C21H33N3O2/c1-26-21-18(7-8-20(22)23-21)14-19(25)13-16-9-11-24(12-10-16)15-17-5-3-2-4-6-17/h7-8,16-17H,2-6,9-15H2,1H3,(H2,22,23). The van der Waals surface area contributed by atoms with Crippen molar-refractivity contribution in [2.75, 3.05) is 32.5 Å². The fourth-order valence-electron chi connectivity index (χ4n) is 4.51. The summed E-state index contributed by atoms with van der Waals surface area (Å²) in [5.74, 6) is 2.61.